The fourth-order valence-electron chi connectivity index (χ4n) is 1.78. The highest BCUT2D eigenvalue weighted by molar-refractivity contribution is 5.54. The maximum Gasteiger partial charge on any atom is 0.123 e. The van der Waals surface area contributed by atoms with E-state index in [4.69, 9.17) is 4.74 Å². The van der Waals surface area contributed by atoms with Crippen LogP contribution in [0.4, 0.5) is 0 Å². The summed E-state index contributed by atoms with van der Waals surface area (Å²) in [5.41, 5.74) is 0.939. The van der Waals surface area contributed by atoms with Crippen molar-refractivity contribution in [1.29, 1.82) is 0 Å². The van der Waals surface area contributed by atoms with E-state index < -0.39 is 0 Å². The molecule has 1 fully saturated rings. The highest BCUT2D eigenvalue weighted by Gasteiger charge is 2.21. The van der Waals surface area contributed by atoms with E-state index in [0.717, 1.165) is 44.5 Å². The minimum absolute atomic E-state index is 0.361. The predicted octanol–water partition coefficient (Wildman–Crippen LogP) is 2.61. The van der Waals surface area contributed by atoms with Crippen molar-refractivity contribution in [3.63, 3.8) is 0 Å². The second kappa shape index (κ2) is 6.00. The average molecular weight is 196 g/mol. The molecule has 1 rings (SSSR count). The SMILES string of the molecule is CC(C)CCOC[C@@H]1CCCC1=C=O. The van der Waals surface area contributed by atoms with Crippen molar-refractivity contribution in [2.75, 3.05) is 13.2 Å². The Balaban J connectivity index is 2.15. The number of ether oxygens (including phenoxy) is 1. The van der Waals surface area contributed by atoms with Gasteiger partial charge in [-0.25, -0.2) is 4.79 Å². The molecular weight excluding hydrogens is 176 g/mol. The van der Waals surface area contributed by atoms with Gasteiger partial charge in [0.2, 0.25) is 0 Å². The molecule has 0 radical (unpaired) electrons. The smallest absolute Gasteiger partial charge is 0.123 e. The van der Waals surface area contributed by atoms with Gasteiger partial charge in [-0.15, -0.1) is 0 Å². The van der Waals surface area contributed by atoms with Crippen LogP contribution in [0.15, 0.2) is 5.57 Å². The first-order valence-electron chi connectivity index (χ1n) is 5.55. The molecule has 0 heterocycles. The van der Waals surface area contributed by atoms with E-state index in [1.165, 1.54) is 0 Å². The number of carbonyl (C=O) groups excluding carboxylic acids is 1. The molecule has 1 atom stereocenters. The summed E-state index contributed by atoms with van der Waals surface area (Å²) in [6.45, 7) is 5.92. The van der Waals surface area contributed by atoms with Crippen LogP contribution in [-0.2, 0) is 9.53 Å². The van der Waals surface area contributed by atoms with Crippen molar-refractivity contribution < 1.29 is 9.53 Å². The van der Waals surface area contributed by atoms with Gasteiger partial charge in [0.25, 0.3) is 0 Å². The van der Waals surface area contributed by atoms with Gasteiger partial charge < -0.3 is 4.74 Å². The first-order chi connectivity index (χ1) is 6.74. The van der Waals surface area contributed by atoms with E-state index in [2.05, 4.69) is 19.8 Å². The molecule has 0 saturated heterocycles. The number of hydrogen-bond donors (Lipinski definition) is 0. The van der Waals surface area contributed by atoms with Crippen molar-refractivity contribution in [2.45, 2.75) is 39.5 Å². The normalized spacial score (nSPS) is 21.6. The van der Waals surface area contributed by atoms with Crippen LogP contribution < -0.4 is 0 Å². The Morgan fingerprint density at radius 1 is 1.57 bits per heavy atom. The van der Waals surface area contributed by atoms with Gasteiger partial charge in [-0.1, -0.05) is 13.8 Å². The van der Waals surface area contributed by atoms with Crippen LogP contribution in [0.3, 0.4) is 0 Å². The van der Waals surface area contributed by atoms with E-state index >= 15 is 0 Å². The highest BCUT2D eigenvalue weighted by atomic mass is 16.5. The first-order valence-corrected chi connectivity index (χ1v) is 5.55. The lowest BCUT2D eigenvalue weighted by molar-refractivity contribution is 0.102. The molecule has 2 heteroatoms. The summed E-state index contributed by atoms with van der Waals surface area (Å²) in [7, 11) is 0. The minimum atomic E-state index is 0.361. The number of hydrogen-bond acceptors (Lipinski definition) is 2. The first kappa shape index (κ1) is 11.5. The van der Waals surface area contributed by atoms with Gasteiger partial charge in [0.1, 0.15) is 5.94 Å². The molecule has 0 aliphatic heterocycles. The van der Waals surface area contributed by atoms with Crippen molar-refractivity contribution >= 4 is 5.94 Å². The monoisotopic (exact) mass is 196 g/mol. The van der Waals surface area contributed by atoms with Gasteiger partial charge in [-0.3, -0.25) is 0 Å². The summed E-state index contributed by atoms with van der Waals surface area (Å²) in [5.74, 6) is 3.11. The lowest BCUT2D eigenvalue weighted by atomic mass is 10.1. The van der Waals surface area contributed by atoms with Gasteiger partial charge in [0.15, 0.2) is 0 Å². The molecule has 0 aromatic rings. The molecule has 1 aliphatic carbocycles. The molecule has 2 nitrogen and oxygen atoms in total. The number of rotatable bonds is 5. The van der Waals surface area contributed by atoms with Crippen LogP contribution in [0.2, 0.25) is 0 Å². The molecule has 0 amide bonds. The van der Waals surface area contributed by atoms with E-state index in [1.54, 1.807) is 0 Å². The molecule has 0 unspecified atom stereocenters. The van der Waals surface area contributed by atoms with E-state index in [0.29, 0.717) is 11.8 Å². The topological polar surface area (TPSA) is 26.3 Å². The maximum atomic E-state index is 10.5. The molecule has 0 bridgehead atoms. The molecular formula is C12H20O2. The van der Waals surface area contributed by atoms with Gasteiger partial charge in [0.05, 0.1) is 6.61 Å². The van der Waals surface area contributed by atoms with Crippen LogP contribution in [0.5, 0.6) is 0 Å². The van der Waals surface area contributed by atoms with Gasteiger partial charge in [-0.2, -0.15) is 0 Å². The highest BCUT2D eigenvalue weighted by Crippen LogP contribution is 2.29. The van der Waals surface area contributed by atoms with E-state index in [9.17, 15) is 4.79 Å². The van der Waals surface area contributed by atoms with Gasteiger partial charge >= 0.3 is 0 Å². The fraction of sp³-hybridized carbons (Fsp3) is 0.833. The van der Waals surface area contributed by atoms with Crippen molar-refractivity contribution in [3.05, 3.63) is 5.57 Å². The second-order valence-corrected chi connectivity index (χ2v) is 4.47. The Labute approximate surface area is 86.3 Å². The Morgan fingerprint density at radius 3 is 3.00 bits per heavy atom. The van der Waals surface area contributed by atoms with Crippen LogP contribution in [-0.4, -0.2) is 19.2 Å². The molecule has 1 aliphatic rings. The quantitative estimate of drug-likeness (QED) is 0.499. The molecule has 80 valence electrons. The molecule has 0 aromatic carbocycles. The average Bonchev–Trinajstić information content (AvgIpc) is 2.59. The maximum absolute atomic E-state index is 10.5. The molecule has 0 spiro atoms. The Kier molecular flexibility index (Phi) is 4.92. The molecule has 1 saturated carbocycles. The molecule has 0 aromatic heterocycles. The third kappa shape index (κ3) is 3.65. The molecule has 0 N–H and O–H groups in total. The van der Waals surface area contributed by atoms with Crippen LogP contribution in [0.1, 0.15) is 39.5 Å². The zero-order chi connectivity index (χ0) is 10.4. The standard InChI is InChI=1S/C12H20O2/c1-10(2)6-7-14-9-12-5-3-4-11(12)8-13/h10,12H,3-7,9H2,1-2H3/t12-/m0/s1. The zero-order valence-corrected chi connectivity index (χ0v) is 9.21. The molecule has 14 heavy (non-hydrogen) atoms. The predicted molar refractivity (Wildman–Crippen MR) is 56.8 cm³/mol. The third-order valence-electron chi connectivity index (χ3n) is 2.78. The lowest BCUT2D eigenvalue weighted by Gasteiger charge is -2.11. The van der Waals surface area contributed by atoms with Crippen molar-refractivity contribution in [3.8, 4) is 0 Å². The summed E-state index contributed by atoms with van der Waals surface area (Å²) in [4.78, 5) is 10.5. The Bertz CT molecular complexity index is 214. The fourth-order valence-corrected chi connectivity index (χ4v) is 1.78. The van der Waals surface area contributed by atoms with E-state index in [-0.39, 0.29) is 0 Å². The second-order valence-electron chi connectivity index (χ2n) is 4.47. The minimum Gasteiger partial charge on any atom is -0.381 e. The van der Waals surface area contributed by atoms with E-state index in [1.807, 2.05) is 0 Å². The van der Waals surface area contributed by atoms with Crippen LogP contribution in [0, 0.1) is 11.8 Å². The summed E-state index contributed by atoms with van der Waals surface area (Å²) in [6.07, 6.45) is 4.27. The Morgan fingerprint density at radius 2 is 2.36 bits per heavy atom. The van der Waals surface area contributed by atoms with Gasteiger partial charge in [-0.05, 0) is 31.6 Å². The van der Waals surface area contributed by atoms with Crippen molar-refractivity contribution in [2.24, 2.45) is 11.8 Å². The third-order valence-corrected chi connectivity index (χ3v) is 2.78. The van der Waals surface area contributed by atoms with Crippen LogP contribution >= 0.6 is 0 Å². The van der Waals surface area contributed by atoms with Crippen LogP contribution in [0.25, 0.3) is 0 Å². The van der Waals surface area contributed by atoms with Gasteiger partial charge in [0, 0.05) is 18.1 Å². The largest absolute Gasteiger partial charge is 0.381 e. The Hall–Kier alpha value is -0.590. The summed E-state index contributed by atoms with van der Waals surface area (Å²) < 4.78 is 5.56. The summed E-state index contributed by atoms with van der Waals surface area (Å²) >= 11 is 0. The summed E-state index contributed by atoms with van der Waals surface area (Å²) in [5, 5.41) is 0. The zero-order valence-electron chi connectivity index (χ0n) is 9.21. The lowest BCUT2D eigenvalue weighted by Crippen LogP contribution is -2.09. The van der Waals surface area contributed by atoms with Crippen molar-refractivity contribution in [1.82, 2.24) is 0 Å². The summed E-state index contributed by atoms with van der Waals surface area (Å²) in [6, 6.07) is 0.